The van der Waals surface area contributed by atoms with Gasteiger partial charge in [0, 0.05) is 11.5 Å². The minimum Gasteiger partial charge on any atom is -0.493 e. The Balaban J connectivity index is 2.39. The van der Waals surface area contributed by atoms with Crippen molar-refractivity contribution in [2.45, 2.75) is 19.8 Å². The minimum atomic E-state index is -0.785. The van der Waals surface area contributed by atoms with Crippen LogP contribution in [0.25, 0.3) is 0 Å². The van der Waals surface area contributed by atoms with E-state index in [0.717, 1.165) is 11.3 Å². The number of aliphatic carboxylic acids is 1. The van der Waals surface area contributed by atoms with Crippen LogP contribution in [-0.2, 0) is 4.79 Å². The summed E-state index contributed by atoms with van der Waals surface area (Å²) in [4.78, 5) is 11.2. The van der Waals surface area contributed by atoms with Gasteiger partial charge in [0.15, 0.2) is 0 Å². The molecule has 1 aliphatic heterocycles. The summed E-state index contributed by atoms with van der Waals surface area (Å²) in [5.74, 6) is -0.0316. The van der Waals surface area contributed by atoms with E-state index in [4.69, 9.17) is 4.74 Å². The van der Waals surface area contributed by atoms with Crippen molar-refractivity contribution in [3.8, 4) is 5.75 Å². The number of hydrogen-bond donors (Lipinski definition) is 1. The van der Waals surface area contributed by atoms with Gasteiger partial charge in [-0.25, -0.2) is 0 Å². The molecule has 0 saturated carbocycles. The Hall–Kier alpha value is -1.51. The van der Waals surface area contributed by atoms with Crippen LogP contribution in [0.3, 0.4) is 0 Å². The van der Waals surface area contributed by atoms with E-state index in [-0.39, 0.29) is 5.92 Å². The zero-order chi connectivity index (χ0) is 11.1. The number of ether oxygens (including phenoxy) is 1. The van der Waals surface area contributed by atoms with Gasteiger partial charge in [0.05, 0.1) is 12.0 Å². The van der Waals surface area contributed by atoms with Crippen LogP contribution in [0.4, 0.5) is 0 Å². The smallest absolute Gasteiger partial charge is 0.309 e. The van der Waals surface area contributed by atoms with Gasteiger partial charge in [-0.2, -0.15) is 0 Å². The summed E-state index contributed by atoms with van der Waals surface area (Å²) in [6, 6.07) is 7.64. The number of carbonyl (C=O) groups is 1. The van der Waals surface area contributed by atoms with Crippen LogP contribution in [0.2, 0.25) is 0 Å². The predicted molar refractivity (Wildman–Crippen MR) is 56.1 cm³/mol. The van der Waals surface area contributed by atoms with Gasteiger partial charge in [-0.05, 0) is 19.9 Å². The molecule has 0 amide bonds. The second kappa shape index (κ2) is 3.26. The molecule has 1 aromatic rings. The van der Waals surface area contributed by atoms with Gasteiger partial charge in [0.25, 0.3) is 0 Å². The summed E-state index contributed by atoms with van der Waals surface area (Å²) < 4.78 is 5.48. The fourth-order valence-corrected chi connectivity index (χ4v) is 1.91. The Morgan fingerprint density at radius 1 is 1.47 bits per heavy atom. The van der Waals surface area contributed by atoms with Crippen molar-refractivity contribution in [2.75, 3.05) is 6.61 Å². The van der Waals surface area contributed by atoms with E-state index in [1.807, 2.05) is 24.3 Å². The lowest BCUT2D eigenvalue weighted by molar-refractivity contribution is -0.148. The number of rotatable bonds is 2. The first-order chi connectivity index (χ1) is 7.03. The highest BCUT2D eigenvalue weighted by atomic mass is 16.5. The minimum absolute atomic E-state index is 0.0637. The summed E-state index contributed by atoms with van der Waals surface area (Å²) in [5.41, 5.74) is 0.219. The van der Waals surface area contributed by atoms with Gasteiger partial charge < -0.3 is 9.84 Å². The van der Waals surface area contributed by atoms with E-state index in [1.54, 1.807) is 13.8 Å². The van der Waals surface area contributed by atoms with Crippen molar-refractivity contribution >= 4 is 5.97 Å². The van der Waals surface area contributed by atoms with Crippen molar-refractivity contribution in [2.24, 2.45) is 5.41 Å². The SMILES string of the molecule is CC(C)(C(=O)O)C1COc2ccccc21. The first-order valence-electron chi connectivity index (χ1n) is 4.98. The first kappa shape index (κ1) is 10.0. The van der Waals surface area contributed by atoms with E-state index in [9.17, 15) is 9.90 Å². The molecule has 1 heterocycles. The highest BCUT2D eigenvalue weighted by molar-refractivity contribution is 5.75. The van der Waals surface area contributed by atoms with Gasteiger partial charge in [0.2, 0.25) is 0 Å². The van der Waals surface area contributed by atoms with Gasteiger partial charge in [0.1, 0.15) is 5.75 Å². The van der Waals surface area contributed by atoms with Crippen LogP contribution in [0.1, 0.15) is 25.3 Å². The fraction of sp³-hybridized carbons (Fsp3) is 0.417. The molecule has 0 saturated heterocycles. The molecule has 1 unspecified atom stereocenters. The van der Waals surface area contributed by atoms with Crippen molar-refractivity contribution in [1.82, 2.24) is 0 Å². The van der Waals surface area contributed by atoms with E-state index >= 15 is 0 Å². The molecule has 0 aromatic heterocycles. The largest absolute Gasteiger partial charge is 0.493 e. The van der Waals surface area contributed by atoms with Crippen LogP contribution >= 0.6 is 0 Å². The van der Waals surface area contributed by atoms with Gasteiger partial charge in [-0.3, -0.25) is 4.79 Å². The van der Waals surface area contributed by atoms with Crippen molar-refractivity contribution in [3.05, 3.63) is 29.8 Å². The lowest BCUT2D eigenvalue weighted by atomic mass is 9.76. The number of fused-ring (bicyclic) bond motifs is 1. The number of carboxylic acids is 1. The molecule has 0 aliphatic carbocycles. The Morgan fingerprint density at radius 3 is 2.80 bits per heavy atom. The lowest BCUT2D eigenvalue weighted by Gasteiger charge is -2.25. The Morgan fingerprint density at radius 2 is 2.13 bits per heavy atom. The summed E-state index contributed by atoms with van der Waals surface area (Å²) >= 11 is 0. The van der Waals surface area contributed by atoms with Crippen LogP contribution in [-0.4, -0.2) is 17.7 Å². The summed E-state index contributed by atoms with van der Waals surface area (Å²) in [7, 11) is 0. The third-order valence-corrected chi connectivity index (χ3v) is 3.12. The first-order valence-corrected chi connectivity index (χ1v) is 4.98. The zero-order valence-electron chi connectivity index (χ0n) is 8.86. The standard InChI is InChI=1S/C12H14O3/c1-12(2,11(13)14)9-7-15-10-6-4-3-5-8(9)10/h3-6,9H,7H2,1-2H3,(H,13,14). The third kappa shape index (κ3) is 1.48. The third-order valence-electron chi connectivity index (χ3n) is 3.12. The van der Waals surface area contributed by atoms with Crippen molar-refractivity contribution < 1.29 is 14.6 Å². The maximum absolute atomic E-state index is 11.2. The van der Waals surface area contributed by atoms with Crippen LogP contribution < -0.4 is 4.74 Å². The lowest BCUT2D eigenvalue weighted by Crippen LogP contribution is -2.32. The molecule has 0 spiro atoms. The monoisotopic (exact) mass is 206 g/mol. The molecule has 2 rings (SSSR count). The van der Waals surface area contributed by atoms with Crippen molar-refractivity contribution in [3.63, 3.8) is 0 Å². The molecule has 1 aliphatic rings. The Bertz CT molecular complexity index is 396. The molecule has 1 N–H and O–H groups in total. The summed E-state index contributed by atoms with van der Waals surface area (Å²) in [5, 5.41) is 9.17. The highest BCUT2D eigenvalue weighted by Crippen LogP contribution is 2.44. The maximum atomic E-state index is 11.2. The Kier molecular flexibility index (Phi) is 2.18. The molecule has 1 atom stereocenters. The van der Waals surface area contributed by atoms with E-state index in [2.05, 4.69) is 0 Å². The van der Waals surface area contributed by atoms with E-state index in [1.165, 1.54) is 0 Å². The maximum Gasteiger partial charge on any atom is 0.309 e. The number of para-hydroxylation sites is 1. The molecule has 3 nitrogen and oxygen atoms in total. The molecule has 15 heavy (non-hydrogen) atoms. The van der Waals surface area contributed by atoms with E-state index in [0.29, 0.717) is 6.61 Å². The topological polar surface area (TPSA) is 46.5 Å². The number of hydrogen-bond acceptors (Lipinski definition) is 2. The molecular formula is C12H14O3. The number of carboxylic acid groups (broad SMARTS) is 1. The molecule has 0 radical (unpaired) electrons. The normalized spacial score (nSPS) is 19.5. The molecule has 80 valence electrons. The zero-order valence-corrected chi connectivity index (χ0v) is 8.86. The second-order valence-corrected chi connectivity index (χ2v) is 4.43. The van der Waals surface area contributed by atoms with Crippen LogP contribution in [0.15, 0.2) is 24.3 Å². The predicted octanol–water partition coefficient (Wildman–Crippen LogP) is 2.27. The van der Waals surface area contributed by atoms with Crippen molar-refractivity contribution in [1.29, 1.82) is 0 Å². The summed E-state index contributed by atoms with van der Waals surface area (Å²) in [6.45, 7) is 3.94. The van der Waals surface area contributed by atoms with Gasteiger partial charge >= 0.3 is 5.97 Å². The number of benzene rings is 1. The van der Waals surface area contributed by atoms with Gasteiger partial charge in [-0.15, -0.1) is 0 Å². The average molecular weight is 206 g/mol. The van der Waals surface area contributed by atoms with E-state index < -0.39 is 11.4 Å². The molecular weight excluding hydrogens is 192 g/mol. The average Bonchev–Trinajstić information content (AvgIpc) is 2.61. The quantitative estimate of drug-likeness (QED) is 0.807. The highest BCUT2D eigenvalue weighted by Gasteiger charge is 2.42. The summed E-state index contributed by atoms with van der Waals surface area (Å²) in [6.07, 6.45) is 0. The molecule has 0 fully saturated rings. The molecule has 1 aromatic carbocycles. The van der Waals surface area contributed by atoms with Crippen LogP contribution in [0, 0.1) is 5.41 Å². The molecule has 0 bridgehead atoms. The Labute approximate surface area is 88.7 Å². The molecule has 3 heteroatoms. The second-order valence-electron chi connectivity index (χ2n) is 4.43. The fourth-order valence-electron chi connectivity index (χ4n) is 1.91. The van der Waals surface area contributed by atoms with Gasteiger partial charge in [-0.1, -0.05) is 18.2 Å². The van der Waals surface area contributed by atoms with Crippen LogP contribution in [0.5, 0.6) is 5.75 Å².